The summed E-state index contributed by atoms with van der Waals surface area (Å²) in [7, 11) is 0. The average Bonchev–Trinajstić information content (AvgIpc) is 3.19. The number of rotatable bonds is 8. The summed E-state index contributed by atoms with van der Waals surface area (Å²) in [5, 5.41) is 26.3. The second kappa shape index (κ2) is 8.72. The van der Waals surface area contributed by atoms with Gasteiger partial charge in [-0.2, -0.15) is 9.61 Å². The van der Waals surface area contributed by atoms with Crippen LogP contribution in [0.1, 0.15) is 0 Å². The first-order valence-electron chi connectivity index (χ1n) is 9.42. The molecule has 2 aromatic carbocycles. The van der Waals surface area contributed by atoms with Gasteiger partial charge in [-0.25, -0.2) is 4.98 Å². The third kappa shape index (κ3) is 4.21. The van der Waals surface area contributed by atoms with Gasteiger partial charge >= 0.3 is 0 Å². The lowest BCUT2D eigenvalue weighted by Gasteiger charge is -2.11. The Labute approximate surface area is 168 Å². The summed E-state index contributed by atoms with van der Waals surface area (Å²) in [4.78, 5) is 4.84. The largest absolute Gasteiger partial charge is 0.508 e. The summed E-state index contributed by atoms with van der Waals surface area (Å²) in [6.45, 7) is 1.34. The lowest BCUT2D eigenvalue weighted by atomic mass is 10.1. The van der Waals surface area contributed by atoms with Crippen molar-refractivity contribution in [2.75, 3.05) is 31.7 Å². The highest BCUT2D eigenvalue weighted by molar-refractivity contribution is 5.80. The van der Waals surface area contributed by atoms with Gasteiger partial charge in [0.1, 0.15) is 11.6 Å². The zero-order valence-corrected chi connectivity index (χ0v) is 15.8. The van der Waals surface area contributed by atoms with E-state index in [0.29, 0.717) is 19.8 Å². The van der Waals surface area contributed by atoms with Crippen molar-refractivity contribution < 1.29 is 14.9 Å². The minimum Gasteiger partial charge on any atom is -0.508 e. The fourth-order valence-corrected chi connectivity index (χ4v) is 3.11. The van der Waals surface area contributed by atoms with Gasteiger partial charge in [-0.3, -0.25) is 0 Å². The molecule has 0 aliphatic heterocycles. The van der Waals surface area contributed by atoms with E-state index >= 15 is 0 Å². The molecular weight excluding hydrogens is 368 g/mol. The van der Waals surface area contributed by atoms with Crippen molar-refractivity contribution in [3.63, 3.8) is 0 Å². The minimum absolute atomic E-state index is 0.00406. The van der Waals surface area contributed by atoms with E-state index in [1.807, 2.05) is 54.7 Å². The molecule has 0 spiro atoms. The van der Waals surface area contributed by atoms with Crippen LogP contribution in [-0.4, -0.2) is 51.2 Å². The SMILES string of the molecule is OCCOCCNc1cc(-c2ccc(O)cc2)nc2c(-c3ccccc3)cnn12. The number of nitrogens with one attached hydrogen (secondary N) is 1. The Bertz CT molecular complexity index is 1080. The van der Waals surface area contributed by atoms with E-state index in [1.54, 1.807) is 16.6 Å². The van der Waals surface area contributed by atoms with Gasteiger partial charge in [0.2, 0.25) is 0 Å². The summed E-state index contributed by atoms with van der Waals surface area (Å²) >= 11 is 0. The number of fused-ring (bicyclic) bond motifs is 1. The Balaban J connectivity index is 1.75. The predicted octanol–water partition coefficient (Wildman–Crippen LogP) is 3.19. The molecule has 2 heterocycles. The van der Waals surface area contributed by atoms with Crippen molar-refractivity contribution in [2.24, 2.45) is 0 Å². The lowest BCUT2D eigenvalue weighted by molar-refractivity contribution is 0.0991. The van der Waals surface area contributed by atoms with Crippen LogP contribution in [0.3, 0.4) is 0 Å². The van der Waals surface area contributed by atoms with Crippen molar-refractivity contribution in [2.45, 2.75) is 0 Å². The molecule has 4 aromatic rings. The number of phenols is 1. The zero-order chi connectivity index (χ0) is 20.1. The zero-order valence-electron chi connectivity index (χ0n) is 15.8. The molecule has 4 rings (SSSR count). The monoisotopic (exact) mass is 390 g/mol. The topological polar surface area (TPSA) is 91.9 Å². The number of aromatic nitrogens is 3. The Hall–Kier alpha value is -3.42. The number of hydrogen-bond acceptors (Lipinski definition) is 6. The van der Waals surface area contributed by atoms with E-state index < -0.39 is 0 Å². The fraction of sp³-hybridized carbons (Fsp3) is 0.182. The normalized spacial score (nSPS) is 11.1. The van der Waals surface area contributed by atoms with Gasteiger partial charge in [0.15, 0.2) is 5.65 Å². The number of hydrogen-bond donors (Lipinski definition) is 3. The summed E-state index contributed by atoms with van der Waals surface area (Å²) in [5.41, 5.74) is 4.38. The minimum atomic E-state index is 0.00406. The molecular formula is C22H22N4O3. The number of aliphatic hydroxyl groups excluding tert-OH is 1. The summed E-state index contributed by atoms with van der Waals surface area (Å²) in [6, 6.07) is 18.9. The average molecular weight is 390 g/mol. The van der Waals surface area contributed by atoms with Crippen molar-refractivity contribution in [3.05, 3.63) is 66.9 Å². The quantitative estimate of drug-likeness (QED) is 0.400. The van der Waals surface area contributed by atoms with Crippen molar-refractivity contribution in [3.8, 4) is 28.1 Å². The van der Waals surface area contributed by atoms with Gasteiger partial charge in [0.25, 0.3) is 0 Å². The molecule has 0 radical (unpaired) electrons. The van der Waals surface area contributed by atoms with Crippen LogP contribution < -0.4 is 5.32 Å². The van der Waals surface area contributed by atoms with Gasteiger partial charge in [-0.15, -0.1) is 0 Å². The first kappa shape index (κ1) is 18.9. The second-order valence-corrected chi connectivity index (χ2v) is 6.50. The Morgan fingerprint density at radius 3 is 2.52 bits per heavy atom. The molecule has 0 saturated heterocycles. The van der Waals surface area contributed by atoms with Gasteiger partial charge in [0, 0.05) is 23.7 Å². The molecule has 7 heteroatoms. The first-order valence-corrected chi connectivity index (χ1v) is 9.42. The Morgan fingerprint density at radius 2 is 1.76 bits per heavy atom. The van der Waals surface area contributed by atoms with Crippen molar-refractivity contribution in [1.29, 1.82) is 0 Å². The van der Waals surface area contributed by atoms with Crippen LogP contribution in [0, 0.1) is 0 Å². The van der Waals surface area contributed by atoms with Crippen molar-refractivity contribution >= 4 is 11.5 Å². The van der Waals surface area contributed by atoms with E-state index in [9.17, 15) is 5.11 Å². The molecule has 148 valence electrons. The number of aliphatic hydroxyl groups is 1. The molecule has 29 heavy (non-hydrogen) atoms. The molecule has 0 saturated carbocycles. The van der Waals surface area contributed by atoms with Crippen LogP contribution in [-0.2, 0) is 4.74 Å². The van der Waals surface area contributed by atoms with Gasteiger partial charge < -0.3 is 20.3 Å². The maximum Gasteiger partial charge on any atom is 0.165 e. The van der Waals surface area contributed by atoms with E-state index in [0.717, 1.165) is 33.8 Å². The molecule has 0 aliphatic carbocycles. The standard InChI is InChI=1S/C22H22N4O3/c27-11-13-29-12-10-23-21-14-20(17-6-8-18(28)9-7-17)25-22-19(15-24-26(21)22)16-4-2-1-3-5-16/h1-9,14-15,23,27-28H,10-13H2. The van der Waals surface area contributed by atoms with Crippen molar-refractivity contribution in [1.82, 2.24) is 14.6 Å². The first-order chi connectivity index (χ1) is 14.3. The maximum atomic E-state index is 9.60. The van der Waals surface area contributed by atoms with E-state index in [1.165, 1.54) is 0 Å². The van der Waals surface area contributed by atoms with Gasteiger partial charge in [-0.1, -0.05) is 30.3 Å². The number of ether oxygens (including phenoxy) is 1. The highest BCUT2D eigenvalue weighted by Gasteiger charge is 2.14. The molecule has 0 fully saturated rings. The van der Waals surface area contributed by atoms with Crippen LogP contribution in [0.25, 0.3) is 28.0 Å². The molecule has 2 aromatic heterocycles. The van der Waals surface area contributed by atoms with E-state index in [4.69, 9.17) is 14.8 Å². The molecule has 0 bridgehead atoms. The summed E-state index contributed by atoms with van der Waals surface area (Å²) in [5.74, 6) is 0.997. The predicted molar refractivity (Wildman–Crippen MR) is 112 cm³/mol. The smallest absolute Gasteiger partial charge is 0.165 e. The summed E-state index contributed by atoms with van der Waals surface area (Å²) in [6.07, 6.45) is 1.81. The van der Waals surface area contributed by atoms with Crippen LogP contribution in [0.5, 0.6) is 5.75 Å². The van der Waals surface area contributed by atoms with Gasteiger partial charge in [0.05, 0.1) is 31.7 Å². The van der Waals surface area contributed by atoms with Gasteiger partial charge in [-0.05, 0) is 29.8 Å². The number of phenolic OH excluding ortho intramolecular Hbond substituents is 1. The molecule has 0 amide bonds. The summed E-state index contributed by atoms with van der Waals surface area (Å²) < 4.78 is 7.11. The molecule has 3 N–H and O–H groups in total. The van der Waals surface area contributed by atoms with E-state index in [2.05, 4.69) is 10.4 Å². The second-order valence-electron chi connectivity index (χ2n) is 6.50. The number of aromatic hydroxyl groups is 1. The molecule has 0 aliphatic rings. The number of benzene rings is 2. The fourth-order valence-electron chi connectivity index (χ4n) is 3.11. The lowest BCUT2D eigenvalue weighted by Crippen LogP contribution is -2.14. The van der Waals surface area contributed by atoms with Crippen LogP contribution >= 0.6 is 0 Å². The van der Waals surface area contributed by atoms with Crippen LogP contribution in [0.2, 0.25) is 0 Å². The molecule has 7 nitrogen and oxygen atoms in total. The molecule has 0 atom stereocenters. The molecule has 0 unspecified atom stereocenters. The third-order valence-corrected chi connectivity index (χ3v) is 4.51. The van der Waals surface area contributed by atoms with Crippen LogP contribution in [0.4, 0.5) is 5.82 Å². The number of anilines is 1. The maximum absolute atomic E-state index is 9.60. The number of nitrogens with zero attached hydrogens (tertiary/aromatic N) is 3. The highest BCUT2D eigenvalue weighted by Crippen LogP contribution is 2.29. The third-order valence-electron chi connectivity index (χ3n) is 4.51. The highest BCUT2D eigenvalue weighted by atomic mass is 16.5. The Kier molecular flexibility index (Phi) is 5.69. The Morgan fingerprint density at radius 1 is 0.966 bits per heavy atom. The van der Waals surface area contributed by atoms with E-state index in [-0.39, 0.29) is 12.4 Å². The van der Waals surface area contributed by atoms with Crippen LogP contribution in [0.15, 0.2) is 66.9 Å².